The lowest BCUT2D eigenvalue weighted by Crippen LogP contribution is -2.12. The first-order valence-electron chi connectivity index (χ1n) is 6.23. The van der Waals surface area contributed by atoms with Crippen LogP contribution in [0.1, 0.15) is 21.6 Å². The monoisotopic (exact) mass is 283 g/mol. The SMILES string of the molecule is Cc1cc(C)c2nc(NC(=O)c3ccccn3)sc2c1. The fourth-order valence-corrected chi connectivity index (χ4v) is 3.12. The number of carbonyl (C=O) groups is 1. The molecule has 100 valence electrons. The Hall–Kier alpha value is -2.27. The number of benzene rings is 1. The van der Waals surface area contributed by atoms with Gasteiger partial charge in [-0.3, -0.25) is 15.1 Å². The fourth-order valence-electron chi connectivity index (χ4n) is 2.08. The Balaban J connectivity index is 1.92. The van der Waals surface area contributed by atoms with Crippen molar-refractivity contribution in [2.24, 2.45) is 0 Å². The molecule has 0 radical (unpaired) electrons. The molecule has 1 amide bonds. The zero-order valence-corrected chi connectivity index (χ0v) is 12.0. The molecule has 0 unspecified atom stereocenters. The fraction of sp³-hybridized carbons (Fsp3) is 0.133. The van der Waals surface area contributed by atoms with Crippen molar-refractivity contribution >= 4 is 32.6 Å². The maximum absolute atomic E-state index is 12.0. The number of amides is 1. The Kier molecular flexibility index (Phi) is 3.20. The van der Waals surface area contributed by atoms with E-state index >= 15 is 0 Å². The third-order valence-electron chi connectivity index (χ3n) is 2.95. The lowest BCUT2D eigenvalue weighted by atomic mass is 10.1. The van der Waals surface area contributed by atoms with Gasteiger partial charge in [0.25, 0.3) is 5.91 Å². The Bertz CT molecular complexity index is 780. The first-order valence-corrected chi connectivity index (χ1v) is 7.05. The van der Waals surface area contributed by atoms with E-state index in [2.05, 4.69) is 34.3 Å². The number of rotatable bonds is 2. The van der Waals surface area contributed by atoms with Crippen LogP contribution in [0, 0.1) is 13.8 Å². The summed E-state index contributed by atoms with van der Waals surface area (Å²) in [5.74, 6) is -0.237. The van der Waals surface area contributed by atoms with Crippen molar-refractivity contribution in [1.82, 2.24) is 9.97 Å². The molecule has 4 nitrogen and oxygen atoms in total. The van der Waals surface area contributed by atoms with E-state index in [0.717, 1.165) is 15.8 Å². The molecule has 1 aromatic carbocycles. The first-order chi connectivity index (χ1) is 9.63. The molecule has 0 atom stereocenters. The van der Waals surface area contributed by atoms with E-state index in [1.807, 2.05) is 6.92 Å². The Morgan fingerprint density at radius 1 is 1.25 bits per heavy atom. The van der Waals surface area contributed by atoms with Crippen molar-refractivity contribution in [3.05, 3.63) is 53.3 Å². The van der Waals surface area contributed by atoms with Crippen LogP contribution in [0.25, 0.3) is 10.2 Å². The number of pyridine rings is 1. The summed E-state index contributed by atoms with van der Waals surface area (Å²) < 4.78 is 1.08. The highest BCUT2D eigenvalue weighted by molar-refractivity contribution is 7.22. The average Bonchev–Trinajstić information content (AvgIpc) is 2.82. The van der Waals surface area contributed by atoms with Gasteiger partial charge in [0, 0.05) is 6.20 Å². The first kappa shape index (κ1) is 12.7. The van der Waals surface area contributed by atoms with Crippen LogP contribution >= 0.6 is 11.3 Å². The minimum absolute atomic E-state index is 0.237. The van der Waals surface area contributed by atoms with Crippen LogP contribution in [-0.4, -0.2) is 15.9 Å². The van der Waals surface area contributed by atoms with Gasteiger partial charge in [0.15, 0.2) is 5.13 Å². The van der Waals surface area contributed by atoms with Crippen LogP contribution in [0.15, 0.2) is 36.5 Å². The highest BCUT2D eigenvalue weighted by Crippen LogP contribution is 2.29. The standard InChI is InChI=1S/C15H13N3OS/c1-9-7-10(2)13-12(8-9)20-15(17-13)18-14(19)11-5-3-4-6-16-11/h3-8H,1-2H3,(H,17,18,19). The van der Waals surface area contributed by atoms with E-state index in [0.29, 0.717) is 10.8 Å². The van der Waals surface area contributed by atoms with Gasteiger partial charge >= 0.3 is 0 Å². The van der Waals surface area contributed by atoms with Crippen LogP contribution in [0.4, 0.5) is 5.13 Å². The lowest BCUT2D eigenvalue weighted by molar-refractivity contribution is 0.102. The molecule has 2 heterocycles. The second-order valence-electron chi connectivity index (χ2n) is 4.62. The van der Waals surface area contributed by atoms with Crippen molar-refractivity contribution in [2.75, 3.05) is 5.32 Å². The number of thiazole rings is 1. The molecule has 2 aromatic heterocycles. The molecule has 0 spiro atoms. The number of aryl methyl sites for hydroxylation is 2. The normalized spacial score (nSPS) is 10.7. The topological polar surface area (TPSA) is 54.9 Å². The van der Waals surface area contributed by atoms with Crippen LogP contribution in [-0.2, 0) is 0 Å². The van der Waals surface area contributed by atoms with Crippen LogP contribution < -0.4 is 5.32 Å². The summed E-state index contributed by atoms with van der Waals surface area (Å²) in [7, 11) is 0. The van der Waals surface area contributed by atoms with Gasteiger partial charge in [0.2, 0.25) is 0 Å². The molecule has 3 rings (SSSR count). The number of aromatic nitrogens is 2. The number of nitrogens with one attached hydrogen (secondary N) is 1. The molecule has 3 aromatic rings. The highest BCUT2D eigenvalue weighted by atomic mass is 32.1. The van der Waals surface area contributed by atoms with Crippen molar-refractivity contribution in [3.8, 4) is 0 Å². The molecule has 0 fully saturated rings. The van der Waals surface area contributed by atoms with Crippen molar-refractivity contribution in [3.63, 3.8) is 0 Å². The zero-order valence-electron chi connectivity index (χ0n) is 11.2. The van der Waals surface area contributed by atoms with Crippen molar-refractivity contribution in [2.45, 2.75) is 13.8 Å². The number of hydrogen-bond acceptors (Lipinski definition) is 4. The molecule has 20 heavy (non-hydrogen) atoms. The van der Waals surface area contributed by atoms with E-state index in [-0.39, 0.29) is 5.91 Å². The molecule has 1 N–H and O–H groups in total. The molecule has 0 bridgehead atoms. The maximum atomic E-state index is 12.0. The Morgan fingerprint density at radius 2 is 2.10 bits per heavy atom. The minimum atomic E-state index is -0.237. The largest absolute Gasteiger partial charge is 0.296 e. The van der Waals surface area contributed by atoms with Gasteiger partial charge in [0.1, 0.15) is 5.69 Å². The molecular formula is C15H13N3OS. The van der Waals surface area contributed by atoms with E-state index in [1.54, 1.807) is 24.4 Å². The number of hydrogen-bond donors (Lipinski definition) is 1. The van der Waals surface area contributed by atoms with Gasteiger partial charge in [-0.2, -0.15) is 0 Å². The number of carbonyl (C=O) groups excluding carboxylic acids is 1. The van der Waals surface area contributed by atoms with Gasteiger partial charge in [0.05, 0.1) is 10.2 Å². The number of anilines is 1. The predicted octanol–water partition coefficient (Wildman–Crippen LogP) is 3.56. The summed E-state index contributed by atoms with van der Waals surface area (Å²) in [5, 5.41) is 3.40. The summed E-state index contributed by atoms with van der Waals surface area (Å²) in [5.41, 5.74) is 3.65. The van der Waals surface area contributed by atoms with Crippen LogP contribution in [0.5, 0.6) is 0 Å². The molecule has 0 saturated carbocycles. The van der Waals surface area contributed by atoms with Gasteiger partial charge < -0.3 is 0 Å². The average molecular weight is 283 g/mol. The summed E-state index contributed by atoms with van der Waals surface area (Å²) in [6.45, 7) is 4.08. The third kappa shape index (κ3) is 2.40. The van der Waals surface area contributed by atoms with Crippen molar-refractivity contribution in [1.29, 1.82) is 0 Å². The van der Waals surface area contributed by atoms with E-state index in [4.69, 9.17) is 0 Å². The maximum Gasteiger partial charge on any atom is 0.276 e. The quantitative estimate of drug-likeness (QED) is 0.782. The lowest BCUT2D eigenvalue weighted by Gasteiger charge is -1.99. The number of nitrogens with zero attached hydrogens (tertiary/aromatic N) is 2. The molecule has 0 aliphatic rings. The molecule has 5 heteroatoms. The van der Waals surface area contributed by atoms with E-state index in [9.17, 15) is 4.79 Å². The van der Waals surface area contributed by atoms with Gasteiger partial charge in [-0.05, 0) is 43.2 Å². The molecule has 0 aliphatic carbocycles. The second kappa shape index (κ2) is 5.02. The molecule has 0 saturated heterocycles. The summed E-state index contributed by atoms with van der Waals surface area (Å²) >= 11 is 1.48. The van der Waals surface area contributed by atoms with Crippen LogP contribution in [0.3, 0.4) is 0 Å². The summed E-state index contributed by atoms with van der Waals surface area (Å²) in [4.78, 5) is 20.5. The molecular weight excluding hydrogens is 270 g/mol. The Labute approximate surface area is 120 Å². The summed E-state index contributed by atoms with van der Waals surface area (Å²) in [6.07, 6.45) is 1.60. The predicted molar refractivity (Wildman–Crippen MR) is 81.3 cm³/mol. The van der Waals surface area contributed by atoms with Crippen molar-refractivity contribution < 1.29 is 4.79 Å². The van der Waals surface area contributed by atoms with Gasteiger partial charge in [-0.15, -0.1) is 0 Å². The summed E-state index contributed by atoms with van der Waals surface area (Å²) in [6, 6.07) is 9.41. The number of fused-ring (bicyclic) bond motifs is 1. The zero-order chi connectivity index (χ0) is 14.1. The smallest absolute Gasteiger partial charge is 0.276 e. The highest BCUT2D eigenvalue weighted by Gasteiger charge is 2.11. The van der Waals surface area contributed by atoms with Gasteiger partial charge in [-0.1, -0.05) is 23.5 Å². The van der Waals surface area contributed by atoms with Crippen LogP contribution in [0.2, 0.25) is 0 Å². The van der Waals surface area contributed by atoms with Gasteiger partial charge in [-0.25, -0.2) is 4.98 Å². The minimum Gasteiger partial charge on any atom is -0.296 e. The third-order valence-corrected chi connectivity index (χ3v) is 3.87. The molecule has 0 aliphatic heterocycles. The Morgan fingerprint density at radius 3 is 2.85 bits per heavy atom. The van der Waals surface area contributed by atoms with E-state index in [1.165, 1.54) is 16.9 Å². The second-order valence-corrected chi connectivity index (χ2v) is 5.65. The van der Waals surface area contributed by atoms with E-state index < -0.39 is 0 Å².